The van der Waals surface area contributed by atoms with Crippen molar-refractivity contribution in [3.8, 4) is 5.75 Å². The van der Waals surface area contributed by atoms with E-state index in [1.807, 2.05) is 0 Å². The van der Waals surface area contributed by atoms with E-state index in [1.54, 1.807) is 6.07 Å². The quantitative estimate of drug-likeness (QED) is 0.787. The molecule has 0 bridgehead atoms. The molecular weight excluding hydrogens is 208 g/mol. The van der Waals surface area contributed by atoms with Crippen LogP contribution in [0.15, 0.2) is 27.9 Å². The summed E-state index contributed by atoms with van der Waals surface area (Å²) in [6, 6.07) is 4.39. The third-order valence-corrected chi connectivity index (χ3v) is 1.66. The Morgan fingerprint density at radius 3 is 2.79 bits per heavy atom. The van der Waals surface area contributed by atoms with Gasteiger partial charge in [-0.25, -0.2) is 4.79 Å². The van der Waals surface area contributed by atoms with Gasteiger partial charge < -0.3 is 9.84 Å². The first-order chi connectivity index (χ1) is 6.69. The molecule has 0 spiro atoms. The molecule has 0 aliphatic heterocycles. The molecule has 1 aromatic carbocycles. The maximum Gasteiger partial charge on any atom is 0.338 e. The van der Waals surface area contributed by atoms with E-state index in [4.69, 9.17) is 21.6 Å². The number of hydrogen-bond acceptors (Lipinski definition) is 4. The molecule has 0 heterocycles. The Kier molecular flexibility index (Phi) is 3.41. The number of ether oxygens (including phenoxy) is 1. The highest BCUT2D eigenvalue weighted by atomic mass is 35.5. The van der Waals surface area contributed by atoms with Crippen LogP contribution in [-0.2, 0) is 0 Å². The molecule has 1 rings (SSSR count). The second-order valence-electron chi connectivity index (χ2n) is 2.36. The average Bonchev–Trinajstić information content (AvgIpc) is 2.18. The van der Waals surface area contributed by atoms with Crippen molar-refractivity contribution in [3.05, 3.63) is 23.8 Å². The van der Waals surface area contributed by atoms with Gasteiger partial charge in [0.2, 0.25) is 0 Å². The van der Waals surface area contributed by atoms with Gasteiger partial charge in [0.05, 0.1) is 24.4 Å². The molecule has 1 N–H and O–H groups in total. The van der Waals surface area contributed by atoms with Gasteiger partial charge in [-0.1, -0.05) is 4.63 Å². The summed E-state index contributed by atoms with van der Waals surface area (Å²) in [5.74, 6) is -0.668. The van der Waals surface area contributed by atoms with Crippen molar-refractivity contribution < 1.29 is 14.6 Å². The highest BCUT2D eigenvalue weighted by Crippen LogP contribution is 2.24. The Hall–Kier alpha value is -1.62. The van der Waals surface area contributed by atoms with Gasteiger partial charge >= 0.3 is 5.97 Å². The van der Waals surface area contributed by atoms with Gasteiger partial charge in [0.15, 0.2) is 0 Å². The Bertz CT molecular complexity index is 379. The first-order valence-corrected chi connectivity index (χ1v) is 3.96. The first kappa shape index (κ1) is 10.5. The van der Waals surface area contributed by atoms with Crippen molar-refractivity contribution in [2.45, 2.75) is 0 Å². The van der Waals surface area contributed by atoms with Crippen LogP contribution in [0.1, 0.15) is 10.4 Å². The van der Waals surface area contributed by atoms with E-state index in [0.717, 1.165) is 0 Å². The standard InChI is InChI=1S/C8H7ClN2O3/c1-14-5-2-3-7(10-11-9)6(4-5)8(12)13/h2-4H,1H3,(H,12,13). The third-order valence-electron chi connectivity index (χ3n) is 1.58. The van der Waals surface area contributed by atoms with Crippen LogP contribution in [0.3, 0.4) is 0 Å². The van der Waals surface area contributed by atoms with Crippen LogP contribution in [0, 0.1) is 0 Å². The molecule has 0 saturated carbocycles. The number of nitrogens with zero attached hydrogens (tertiary/aromatic N) is 2. The minimum atomic E-state index is -1.11. The van der Waals surface area contributed by atoms with Gasteiger partial charge in [-0.3, -0.25) is 0 Å². The van der Waals surface area contributed by atoms with Crippen LogP contribution in [0.2, 0.25) is 0 Å². The number of methoxy groups -OCH3 is 1. The van der Waals surface area contributed by atoms with E-state index in [9.17, 15) is 4.79 Å². The van der Waals surface area contributed by atoms with E-state index < -0.39 is 5.97 Å². The molecule has 5 nitrogen and oxygen atoms in total. The number of carbonyl (C=O) groups is 1. The fourth-order valence-corrected chi connectivity index (χ4v) is 1.02. The zero-order valence-corrected chi connectivity index (χ0v) is 8.02. The van der Waals surface area contributed by atoms with Crippen molar-refractivity contribution in [2.75, 3.05) is 7.11 Å². The highest BCUT2D eigenvalue weighted by Gasteiger charge is 2.10. The maximum absolute atomic E-state index is 10.8. The van der Waals surface area contributed by atoms with Gasteiger partial charge in [0.25, 0.3) is 0 Å². The molecule has 74 valence electrons. The molecule has 0 aromatic heterocycles. The summed E-state index contributed by atoms with van der Waals surface area (Å²) in [5, 5.41) is 12.3. The summed E-state index contributed by atoms with van der Waals surface area (Å²) in [7, 11) is 1.45. The smallest absolute Gasteiger partial charge is 0.338 e. The van der Waals surface area contributed by atoms with Gasteiger partial charge in [0, 0.05) is 0 Å². The molecular formula is C8H7ClN2O3. The van der Waals surface area contributed by atoms with Gasteiger partial charge in [-0.15, -0.1) is 5.11 Å². The SMILES string of the molecule is COc1ccc(N=NCl)c(C(=O)O)c1. The minimum Gasteiger partial charge on any atom is -0.497 e. The molecule has 0 amide bonds. The van der Waals surface area contributed by atoms with Crippen LogP contribution in [-0.4, -0.2) is 18.2 Å². The van der Waals surface area contributed by atoms with E-state index >= 15 is 0 Å². The molecule has 0 radical (unpaired) electrons. The maximum atomic E-state index is 10.8. The van der Waals surface area contributed by atoms with Crippen molar-refractivity contribution in [2.24, 2.45) is 9.75 Å². The highest BCUT2D eigenvalue weighted by molar-refractivity contribution is 6.14. The summed E-state index contributed by atoms with van der Waals surface area (Å²) >= 11 is 5.02. The van der Waals surface area contributed by atoms with Gasteiger partial charge in [-0.2, -0.15) is 0 Å². The summed E-state index contributed by atoms with van der Waals surface area (Å²) in [6.45, 7) is 0. The number of aromatic carboxylic acids is 1. The lowest BCUT2D eigenvalue weighted by Gasteiger charge is -2.02. The van der Waals surface area contributed by atoms with Crippen molar-refractivity contribution in [3.63, 3.8) is 0 Å². The Morgan fingerprint density at radius 1 is 1.57 bits per heavy atom. The molecule has 0 unspecified atom stereocenters. The summed E-state index contributed by atoms with van der Waals surface area (Å²) in [4.78, 5) is 10.8. The van der Waals surface area contributed by atoms with Crippen LogP contribution in [0.25, 0.3) is 0 Å². The van der Waals surface area contributed by atoms with Crippen molar-refractivity contribution >= 4 is 23.4 Å². The summed E-state index contributed by atoms with van der Waals surface area (Å²) in [5.41, 5.74) is 0.182. The molecule has 6 heteroatoms. The summed E-state index contributed by atoms with van der Waals surface area (Å²) in [6.07, 6.45) is 0. The van der Waals surface area contributed by atoms with Crippen LogP contribution < -0.4 is 4.74 Å². The molecule has 0 aliphatic carbocycles. The predicted molar refractivity (Wildman–Crippen MR) is 50.3 cm³/mol. The lowest BCUT2D eigenvalue weighted by atomic mass is 10.2. The molecule has 0 aliphatic rings. The second-order valence-corrected chi connectivity index (χ2v) is 2.52. The average molecular weight is 215 g/mol. The van der Waals surface area contributed by atoms with Crippen molar-refractivity contribution in [1.29, 1.82) is 0 Å². The Labute approximate surface area is 85.1 Å². The number of carboxylic acid groups (broad SMARTS) is 1. The van der Waals surface area contributed by atoms with Crippen molar-refractivity contribution in [1.82, 2.24) is 0 Å². The number of carboxylic acids is 1. The zero-order chi connectivity index (χ0) is 10.6. The lowest BCUT2D eigenvalue weighted by molar-refractivity contribution is 0.0697. The normalized spacial score (nSPS) is 10.4. The van der Waals surface area contributed by atoms with Crippen LogP contribution >= 0.6 is 11.8 Å². The monoisotopic (exact) mass is 214 g/mol. The predicted octanol–water partition coefficient (Wildman–Crippen LogP) is 2.63. The fourth-order valence-electron chi connectivity index (χ4n) is 0.941. The third kappa shape index (κ3) is 2.20. The number of halogens is 1. The van der Waals surface area contributed by atoms with Crippen LogP contribution in [0.5, 0.6) is 5.75 Å². The van der Waals surface area contributed by atoms with Gasteiger partial charge in [0.1, 0.15) is 11.4 Å². The molecule has 0 atom stereocenters. The topological polar surface area (TPSA) is 71.2 Å². The zero-order valence-electron chi connectivity index (χ0n) is 7.27. The Morgan fingerprint density at radius 2 is 2.29 bits per heavy atom. The van der Waals surface area contributed by atoms with E-state index in [2.05, 4.69) is 9.75 Å². The largest absolute Gasteiger partial charge is 0.497 e. The number of benzene rings is 1. The molecule has 14 heavy (non-hydrogen) atoms. The molecule has 0 fully saturated rings. The van der Waals surface area contributed by atoms with Crippen LogP contribution in [0.4, 0.5) is 5.69 Å². The first-order valence-electron chi connectivity index (χ1n) is 3.62. The minimum absolute atomic E-state index is 0.00579. The number of rotatable bonds is 3. The van der Waals surface area contributed by atoms with E-state index in [1.165, 1.54) is 19.2 Å². The lowest BCUT2D eigenvalue weighted by Crippen LogP contribution is -1.97. The Balaban J connectivity index is 3.23. The second kappa shape index (κ2) is 4.57. The summed E-state index contributed by atoms with van der Waals surface area (Å²) < 4.78 is 7.87. The number of hydrogen-bond donors (Lipinski definition) is 1. The molecule has 1 aromatic rings. The van der Waals surface area contributed by atoms with E-state index in [0.29, 0.717) is 5.75 Å². The molecule has 0 saturated heterocycles. The van der Waals surface area contributed by atoms with Gasteiger partial charge in [-0.05, 0) is 18.2 Å². The van der Waals surface area contributed by atoms with E-state index in [-0.39, 0.29) is 11.3 Å². The fraction of sp³-hybridized carbons (Fsp3) is 0.125.